The lowest BCUT2D eigenvalue weighted by molar-refractivity contribution is 0.0983. The zero-order chi connectivity index (χ0) is 16.6. The van der Waals surface area contributed by atoms with Crippen LogP contribution in [0, 0.1) is 12.8 Å². The summed E-state index contributed by atoms with van der Waals surface area (Å²) in [5.41, 5.74) is 10.2. The van der Waals surface area contributed by atoms with E-state index in [2.05, 4.69) is 24.9 Å². The lowest BCUT2D eigenvalue weighted by Gasteiger charge is -2.25. The first-order valence-corrected chi connectivity index (χ1v) is 7.95. The van der Waals surface area contributed by atoms with E-state index in [1.165, 1.54) is 0 Å². The van der Waals surface area contributed by atoms with Gasteiger partial charge < -0.3 is 15.5 Å². The molecule has 2 aromatic rings. The summed E-state index contributed by atoms with van der Waals surface area (Å²) in [4.78, 5) is 17.3. The van der Waals surface area contributed by atoms with Crippen molar-refractivity contribution in [1.82, 2.24) is 0 Å². The van der Waals surface area contributed by atoms with Crippen molar-refractivity contribution in [3.63, 3.8) is 0 Å². The molecule has 120 valence electrons. The van der Waals surface area contributed by atoms with Crippen LogP contribution in [0.2, 0.25) is 0 Å². The number of benzene rings is 2. The molecular weight excluding hydrogens is 286 g/mol. The number of carbonyl (C=O) groups excluding carboxylic acids is 1. The molecule has 1 aliphatic heterocycles. The number of anilines is 3. The molecule has 0 radical (unpaired) electrons. The molecule has 0 bridgehead atoms. The van der Waals surface area contributed by atoms with Crippen molar-refractivity contribution in [3.05, 3.63) is 53.6 Å². The number of aryl methyl sites for hydroxylation is 1. The molecule has 1 unspecified atom stereocenters. The highest BCUT2D eigenvalue weighted by Gasteiger charge is 2.27. The Kier molecular flexibility index (Phi) is 3.99. The lowest BCUT2D eigenvalue weighted by Crippen LogP contribution is -2.35. The Labute approximate surface area is 137 Å². The smallest absolute Gasteiger partial charge is 0.258 e. The van der Waals surface area contributed by atoms with Crippen LogP contribution in [0.1, 0.15) is 22.8 Å². The number of rotatable bonds is 1. The highest BCUT2D eigenvalue weighted by molar-refractivity contribution is 6.09. The van der Waals surface area contributed by atoms with Crippen molar-refractivity contribution in [1.29, 1.82) is 0 Å². The fraction of sp³-hybridized carbons (Fsp3) is 0.316. The first-order valence-electron chi connectivity index (χ1n) is 7.95. The van der Waals surface area contributed by atoms with Gasteiger partial charge in [0.15, 0.2) is 0 Å². The number of nitrogens with zero attached hydrogens (tertiary/aromatic N) is 2. The van der Waals surface area contributed by atoms with Crippen LogP contribution in [0.15, 0.2) is 42.5 Å². The predicted molar refractivity (Wildman–Crippen MR) is 96.1 cm³/mol. The molecule has 3 rings (SSSR count). The Morgan fingerprint density at radius 2 is 1.83 bits per heavy atom. The molecule has 0 aromatic heterocycles. The zero-order valence-electron chi connectivity index (χ0n) is 13.9. The first kappa shape index (κ1) is 15.4. The molecule has 23 heavy (non-hydrogen) atoms. The fourth-order valence-electron chi connectivity index (χ4n) is 3.26. The summed E-state index contributed by atoms with van der Waals surface area (Å²) in [5.74, 6) is 0.405. The molecule has 0 aliphatic carbocycles. The molecule has 0 fully saturated rings. The molecule has 4 heteroatoms. The topological polar surface area (TPSA) is 49.6 Å². The average Bonchev–Trinajstić information content (AvgIpc) is 2.66. The summed E-state index contributed by atoms with van der Waals surface area (Å²) < 4.78 is 0. The van der Waals surface area contributed by atoms with Gasteiger partial charge in [0.2, 0.25) is 0 Å². The number of amides is 1. The Morgan fingerprint density at radius 1 is 1.13 bits per heavy atom. The number of nitrogen functional groups attached to an aromatic ring is 1. The fourth-order valence-corrected chi connectivity index (χ4v) is 3.26. The van der Waals surface area contributed by atoms with Gasteiger partial charge in [0.1, 0.15) is 0 Å². The second kappa shape index (κ2) is 5.95. The Bertz CT molecular complexity index is 741. The van der Waals surface area contributed by atoms with Crippen LogP contribution in [0.3, 0.4) is 0 Å². The number of para-hydroxylation sites is 2. The molecule has 1 atom stereocenters. The largest absolute Gasteiger partial charge is 0.399 e. The summed E-state index contributed by atoms with van der Waals surface area (Å²) in [5, 5.41) is 0. The van der Waals surface area contributed by atoms with Gasteiger partial charge in [-0.05, 0) is 42.7 Å². The molecule has 4 nitrogen and oxygen atoms in total. The molecule has 2 N–H and O–H groups in total. The van der Waals surface area contributed by atoms with Gasteiger partial charge in [0.25, 0.3) is 5.91 Å². The van der Waals surface area contributed by atoms with Crippen molar-refractivity contribution in [2.45, 2.75) is 13.8 Å². The third-order valence-electron chi connectivity index (χ3n) is 4.40. The minimum Gasteiger partial charge on any atom is -0.399 e. The third-order valence-corrected chi connectivity index (χ3v) is 4.40. The SMILES string of the molecule is Cc1ccc(N)cc1C(=O)N1CC(C)CN(C)c2ccccc21. The second-order valence-corrected chi connectivity index (χ2v) is 6.46. The van der Waals surface area contributed by atoms with Crippen LogP contribution in [0.5, 0.6) is 0 Å². The third kappa shape index (κ3) is 2.89. The summed E-state index contributed by atoms with van der Waals surface area (Å²) >= 11 is 0. The number of carbonyl (C=O) groups is 1. The molecule has 1 aliphatic rings. The number of hydrogen-bond acceptors (Lipinski definition) is 3. The molecule has 0 spiro atoms. The molecular formula is C19H23N3O. The zero-order valence-corrected chi connectivity index (χ0v) is 13.9. The van der Waals surface area contributed by atoms with Crippen LogP contribution in [-0.2, 0) is 0 Å². The lowest BCUT2D eigenvalue weighted by atomic mass is 10.0. The maximum absolute atomic E-state index is 13.2. The van der Waals surface area contributed by atoms with E-state index in [1.54, 1.807) is 6.07 Å². The molecule has 0 saturated carbocycles. The van der Waals surface area contributed by atoms with Crippen molar-refractivity contribution >= 4 is 23.0 Å². The Morgan fingerprint density at radius 3 is 2.57 bits per heavy atom. The van der Waals surface area contributed by atoms with Crippen molar-refractivity contribution in [2.24, 2.45) is 5.92 Å². The Balaban J connectivity index is 2.08. The van der Waals surface area contributed by atoms with Gasteiger partial charge in [-0.3, -0.25) is 4.79 Å². The number of nitrogens with two attached hydrogens (primary N) is 1. The van der Waals surface area contributed by atoms with E-state index in [-0.39, 0.29) is 5.91 Å². The molecule has 0 saturated heterocycles. The van der Waals surface area contributed by atoms with Gasteiger partial charge in [-0.15, -0.1) is 0 Å². The van der Waals surface area contributed by atoms with E-state index in [0.717, 1.165) is 23.5 Å². The number of fused-ring (bicyclic) bond motifs is 1. The predicted octanol–water partition coefficient (Wildman–Crippen LogP) is 3.31. The highest BCUT2D eigenvalue weighted by Crippen LogP contribution is 2.34. The van der Waals surface area contributed by atoms with Gasteiger partial charge in [0.05, 0.1) is 11.4 Å². The molecule has 2 aromatic carbocycles. The van der Waals surface area contributed by atoms with Gasteiger partial charge in [0, 0.05) is 31.4 Å². The van der Waals surface area contributed by atoms with Gasteiger partial charge in [-0.1, -0.05) is 25.1 Å². The summed E-state index contributed by atoms with van der Waals surface area (Å²) in [6.45, 7) is 5.76. The minimum absolute atomic E-state index is 0.0180. The van der Waals surface area contributed by atoms with E-state index in [4.69, 9.17) is 5.73 Å². The maximum atomic E-state index is 13.2. The van der Waals surface area contributed by atoms with Crippen molar-refractivity contribution in [3.8, 4) is 0 Å². The minimum atomic E-state index is 0.0180. The normalized spacial score (nSPS) is 17.6. The standard InChI is InChI=1S/C19H23N3O/c1-13-11-21(3)17-6-4-5-7-18(17)22(12-13)19(23)16-10-15(20)9-8-14(16)2/h4-10,13H,11-12,20H2,1-3H3. The van der Waals surface area contributed by atoms with Crippen LogP contribution in [-0.4, -0.2) is 26.0 Å². The first-order chi connectivity index (χ1) is 11.0. The van der Waals surface area contributed by atoms with Crippen LogP contribution >= 0.6 is 0 Å². The van der Waals surface area contributed by atoms with E-state index in [1.807, 2.05) is 42.2 Å². The van der Waals surface area contributed by atoms with E-state index < -0.39 is 0 Å². The molecule has 1 heterocycles. The van der Waals surface area contributed by atoms with E-state index in [0.29, 0.717) is 23.7 Å². The van der Waals surface area contributed by atoms with E-state index in [9.17, 15) is 4.79 Å². The van der Waals surface area contributed by atoms with Gasteiger partial charge in [-0.25, -0.2) is 0 Å². The van der Waals surface area contributed by atoms with Crippen LogP contribution < -0.4 is 15.5 Å². The van der Waals surface area contributed by atoms with Gasteiger partial charge >= 0.3 is 0 Å². The monoisotopic (exact) mass is 309 g/mol. The highest BCUT2D eigenvalue weighted by atomic mass is 16.2. The van der Waals surface area contributed by atoms with Crippen LogP contribution in [0.4, 0.5) is 17.1 Å². The molecule has 1 amide bonds. The van der Waals surface area contributed by atoms with Gasteiger partial charge in [-0.2, -0.15) is 0 Å². The van der Waals surface area contributed by atoms with E-state index >= 15 is 0 Å². The summed E-state index contributed by atoms with van der Waals surface area (Å²) in [6.07, 6.45) is 0. The van der Waals surface area contributed by atoms with Crippen molar-refractivity contribution in [2.75, 3.05) is 35.7 Å². The Hall–Kier alpha value is -2.49. The second-order valence-electron chi connectivity index (χ2n) is 6.46. The van der Waals surface area contributed by atoms with Crippen molar-refractivity contribution < 1.29 is 4.79 Å². The average molecular weight is 309 g/mol. The summed E-state index contributed by atoms with van der Waals surface area (Å²) in [7, 11) is 2.08. The van der Waals surface area contributed by atoms with Crippen LogP contribution in [0.25, 0.3) is 0 Å². The maximum Gasteiger partial charge on any atom is 0.258 e. The number of hydrogen-bond donors (Lipinski definition) is 1. The summed E-state index contributed by atoms with van der Waals surface area (Å²) in [6, 6.07) is 13.6. The quantitative estimate of drug-likeness (QED) is 0.822.